The van der Waals surface area contributed by atoms with Gasteiger partial charge in [-0.3, -0.25) is 14.3 Å². The van der Waals surface area contributed by atoms with E-state index in [1.54, 1.807) is 36.4 Å². The van der Waals surface area contributed by atoms with Crippen LogP contribution in [0.4, 0.5) is 0 Å². The van der Waals surface area contributed by atoms with Crippen molar-refractivity contribution >= 4 is 45.6 Å². The third-order valence-electron chi connectivity index (χ3n) is 2.35. The van der Waals surface area contributed by atoms with Crippen LogP contribution in [0.5, 0.6) is 0 Å². The molecule has 3 nitrogen and oxygen atoms in total. The monoisotopic (exact) mass is 383 g/mol. The summed E-state index contributed by atoms with van der Waals surface area (Å²) in [6.45, 7) is 0. The SMILES string of the molecule is O=C(NSC(=O)c1ccc(I)cc1)c1ccccc1. The van der Waals surface area contributed by atoms with Crippen LogP contribution in [0.25, 0.3) is 0 Å². The van der Waals surface area contributed by atoms with Crippen LogP contribution in [0.1, 0.15) is 20.7 Å². The zero-order chi connectivity index (χ0) is 13.7. The maximum atomic E-state index is 11.8. The van der Waals surface area contributed by atoms with Crippen molar-refractivity contribution in [1.29, 1.82) is 0 Å². The highest BCUT2D eigenvalue weighted by Gasteiger charge is 2.10. The molecule has 96 valence electrons. The van der Waals surface area contributed by atoms with E-state index in [4.69, 9.17) is 0 Å². The van der Waals surface area contributed by atoms with Crippen LogP contribution in [0.15, 0.2) is 54.6 Å². The van der Waals surface area contributed by atoms with E-state index >= 15 is 0 Å². The summed E-state index contributed by atoms with van der Waals surface area (Å²) >= 11 is 2.97. The molecule has 0 radical (unpaired) electrons. The molecule has 0 aromatic heterocycles. The summed E-state index contributed by atoms with van der Waals surface area (Å²) in [7, 11) is 0. The number of halogens is 1. The molecule has 1 N–H and O–H groups in total. The van der Waals surface area contributed by atoms with Crippen molar-refractivity contribution in [1.82, 2.24) is 4.72 Å². The highest BCUT2D eigenvalue weighted by Crippen LogP contribution is 2.13. The van der Waals surface area contributed by atoms with Crippen molar-refractivity contribution in [3.8, 4) is 0 Å². The van der Waals surface area contributed by atoms with Crippen LogP contribution in [-0.2, 0) is 0 Å². The summed E-state index contributed by atoms with van der Waals surface area (Å²) in [4.78, 5) is 23.6. The topological polar surface area (TPSA) is 46.2 Å². The molecule has 2 aromatic carbocycles. The second-order valence-electron chi connectivity index (χ2n) is 3.69. The average Bonchev–Trinajstić information content (AvgIpc) is 2.46. The van der Waals surface area contributed by atoms with Gasteiger partial charge in [0, 0.05) is 26.6 Å². The molecule has 0 heterocycles. The fourth-order valence-electron chi connectivity index (χ4n) is 1.39. The third kappa shape index (κ3) is 4.07. The van der Waals surface area contributed by atoms with E-state index in [2.05, 4.69) is 27.3 Å². The predicted molar refractivity (Wildman–Crippen MR) is 85.0 cm³/mol. The van der Waals surface area contributed by atoms with Gasteiger partial charge in [-0.1, -0.05) is 18.2 Å². The van der Waals surface area contributed by atoms with Gasteiger partial charge in [-0.05, 0) is 59.0 Å². The minimum atomic E-state index is -0.274. The summed E-state index contributed by atoms with van der Waals surface area (Å²) in [5.41, 5.74) is 1.10. The van der Waals surface area contributed by atoms with Gasteiger partial charge < -0.3 is 0 Å². The van der Waals surface area contributed by atoms with Gasteiger partial charge in [0.2, 0.25) is 5.12 Å². The molecule has 0 saturated carbocycles. The number of carbonyl (C=O) groups is 2. The van der Waals surface area contributed by atoms with E-state index < -0.39 is 0 Å². The Labute approximate surface area is 129 Å². The molecule has 0 bridgehead atoms. The average molecular weight is 383 g/mol. The number of benzene rings is 2. The Balaban J connectivity index is 1.94. The van der Waals surface area contributed by atoms with E-state index in [0.717, 1.165) is 15.5 Å². The van der Waals surface area contributed by atoms with Crippen LogP contribution < -0.4 is 4.72 Å². The van der Waals surface area contributed by atoms with E-state index in [1.165, 1.54) is 0 Å². The first-order chi connectivity index (χ1) is 9.16. The molecule has 0 saturated heterocycles. The van der Waals surface area contributed by atoms with Crippen molar-refractivity contribution in [2.24, 2.45) is 0 Å². The molecule has 2 rings (SSSR count). The van der Waals surface area contributed by atoms with Crippen LogP contribution in [0, 0.1) is 3.57 Å². The van der Waals surface area contributed by atoms with Gasteiger partial charge >= 0.3 is 0 Å². The lowest BCUT2D eigenvalue weighted by molar-refractivity contribution is 0.0978. The number of rotatable bonds is 2. The fraction of sp³-hybridized carbons (Fsp3) is 0. The molecule has 2 aromatic rings. The molecule has 0 fully saturated rings. The third-order valence-corrected chi connectivity index (χ3v) is 3.78. The molecule has 0 aliphatic heterocycles. The minimum Gasteiger partial charge on any atom is -0.289 e. The zero-order valence-corrected chi connectivity index (χ0v) is 12.8. The Bertz CT molecular complexity index is 584. The van der Waals surface area contributed by atoms with Crippen molar-refractivity contribution in [3.05, 3.63) is 69.3 Å². The van der Waals surface area contributed by atoms with Gasteiger partial charge in [-0.2, -0.15) is 0 Å². The quantitative estimate of drug-likeness (QED) is 0.638. The zero-order valence-electron chi connectivity index (χ0n) is 9.80. The first-order valence-corrected chi connectivity index (χ1v) is 7.38. The van der Waals surface area contributed by atoms with Crippen LogP contribution in [-0.4, -0.2) is 11.0 Å². The van der Waals surface area contributed by atoms with Gasteiger partial charge in [0.15, 0.2) is 0 Å². The van der Waals surface area contributed by atoms with Crippen LogP contribution >= 0.6 is 34.5 Å². The molecule has 5 heteroatoms. The molecule has 19 heavy (non-hydrogen) atoms. The standard InChI is InChI=1S/C14H10INO2S/c15-12-8-6-11(7-9-12)14(18)19-16-13(17)10-4-2-1-3-5-10/h1-9H,(H,16,17). The molecule has 0 aliphatic carbocycles. The van der Waals surface area contributed by atoms with E-state index in [-0.39, 0.29) is 11.0 Å². The molecule has 0 spiro atoms. The summed E-state index contributed by atoms with van der Waals surface area (Å²) in [5.74, 6) is -0.274. The van der Waals surface area contributed by atoms with Gasteiger partial charge in [0.25, 0.3) is 5.91 Å². The lowest BCUT2D eigenvalue weighted by atomic mass is 10.2. The predicted octanol–water partition coefficient (Wildman–Crippen LogP) is 3.51. The fourth-order valence-corrected chi connectivity index (χ4v) is 2.30. The molecule has 0 atom stereocenters. The lowest BCUT2D eigenvalue weighted by Crippen LogP contribution is -2.18. The number of hydrogen-bond acceptors (Lipinski definition) is 3. The Morgan fingerprint density at radius 3 is 2.16 bits per heavy atom. The number of amides is 1. The minimum absolute atomic E-state index is 0.180. The maximum Gasteiger partial charge on any atom is 0.261 e. The molecular formula is C14H10INO2S. The summed E-state index contributed by atoms with van der Waals surface area (Å²) in [5, 5.41) is -0.180. The molecular weight excluding hydrogens is 373 g/mol. The smallest absolute Gasteiger partial charge is 0.261 e. The Morgan fingerprint density at radius 1 is 0.895 bits per heavy atom. The van der Waals surface area contributed by atoms with Gasteiger partial charge in [-0.15, -0.1) is 0 Å². The summed E-state index contributed by atoms with van der Waals surface area (Å²) in [6.07, 6.45) is 0. The van der Waals surface area contributed by atoms with Crippen molar-refractivity contribution < 1.29 is 9.59 Å². The highest BCUT2D eigenvalue weighted by molar-refractivity contribution is 14.1. The van der Waals surface area contributed by atoms with E-state index in [9.17, 15) is 9.59 Å². The second-order valence-corrected chi connectivity index (χ2v) is 5.72. The number of hydrogen-bond donors (Lipinski definition) is 1. The Morgan fingerprint density at radius 2 is 1.53 bits per heavy atom. The lowest BCUT2D eigenvalue weighted by Gasteiger charge is -2.03. The van der Waals surface area contributed by atoms with Crippen LogP contribution in [0.2, 0.25) is 0 Å². The highest BCUT2D eigenvalue weighted by atomic mass is 127. The van der Waals surface area contributed by atoms with Gasteiger partial charge in [-0.25, -0.2) is 0 Å². The number of nitrogens with one attached hydrogen (secondary N) is 1. The number of carbonyl (C=O) groups excluding carboxylic acids is 2. The largest absolute Gasteiger partial charge is 0.289 e. The van der Waals surface area contributed by atoms with Crippen molar-refractivity contribution in [2.75, 3.05) is 0 Å². The summed E-state index contributed by atoms with van der Waals surface area (Å²) < 4.78 is 3.60. The maximum absolute atomic E-state index is 11.8. The normalized spacial score (nSPS) is 9.95. The molecule has 1 amide bonds. The van der Waals surface area contributed by atoms with Crippen LogP contribution in [0.3, 0.4) is 0 Å². The molecule has 0 aliphatic rings. The summed E-state index contributed by atoms with van der Waals surface area (Å²) in [6, 6.07) is 16.0. The second kappa shape index (κ2) is 6.72. The first kappa shape index (κ1) is 14.1. The van der Waals surface area contributed by atoms with E-state index in [1.807, 2.05) is 18.2 Å². The van der Waals surface area contributed by atoms with E-state index in [0.29, 0.717) is 11.1 Å². The Hall–Kier alpha value is -1.34. The van der Waals surface area contributed by atoms with Gasteiger partial charge in [0.05, 0.1) is 0 Å². The first-order valence-electron chi connectivity index (χ1n) is 5.49. The molecule has 0 unspecified atom stereocenters. The van der Waals surface area contributed by atoms with Crippen molar-refractivity contribution in [3.63, 3.8) is 0 Å². The van der Waals surface area contributed by atoms with Gasteiger partial charge in [0.1, 0.15) is 0 Å². The Kier molecular flexibility index (Phi) is 4.98. The van der Waals surface area contributed by atoms with Crippen molar-refractivity contribution in [2.45, 2.75) is 0 Å².